The summed E-state index contributed by atoms with van der Waals surface area (Å²) in [7, 11) is 0. The monoisotopic (exact) mass is 386 g/mol. The third-order valence-electron chi connectivity index (χ3n) is 4.45. The van der Waals surface area contributed by atoms with E-state index in [4.69, 9.17) is 0 Å². The SMILES string of the molecule is O=C(c1ccc(F)c(F)c1)N1CCN(c2nc(-c3ccccc3)ns2)CC1. The van der Waals surface area contributed by atoms with Crippen molar-refractivity contribution in [3.8, 4) is 11.4 Å². The molecule has 0 aliphatic carbocycles. The van der Waals surface area contributed by atoms with Gasteiger partial charge in [-0.05, 0) is 18.2 Å². The summed E-state index contributed by atoms with van der Waals surface area (Å²) in [6.07, 6.45) is 0. The van der Waals surface area contributed by atoms with E-state index in [1.54, 1.807) is 4.90 Å². The highest BCUT2D eigenvalue weighted by molar-refractivity contribution is 7.09. The number of hydrogen-bond donors (Lipinski definition) is 0. The Hall–Kier alpha value is -2.87. The van der Waals surface area contributed by atoms with Gasteiger partial charge in [-0.1, -0.05) is 30.3 Å². The van der Waals surface area contributed by atoms with Crippen molar-refractivity contribution in [2.45, 2.75) is 0 Å². The van der Waals surface area contributed by atoms with Crippen LogP contribution >= 0.6 is 11.5 Å². The largest absolute Gasteiger partial charge is 0.343 e. The van der Waals surface area contributed by atoms with Gasteiger partial charge in [-0.25, -0.2) is 8.78 Å². The summed E-state index contributed by atoms with van der Waals surface area (Å²) in [6.45, 7) is 2.19. The maximum atomic E-state index is 13.4. The minimum atomic E-state index is -1.01. The second-order valence-electron chi connectivity index (χ2n) is 6.17. The summed E-state index contributed by atoms with van der Waals surface area (Å²) in [5.41, 5.74) is 1.12. The molecule has 0 bridgehead atoms. The standard InChI is InChI=1S/C19H16F2N4OS/c20-15-7-6-14(12-16(15)21)18(26)24-8-10-25(11-9-24)19-22-17(23-27-19)13-4-2-1-3-5-13/h1-7,12H,8-11H2. The van der Waals surface area contributed by atoms with Crippen molar-refractivity contribution >= 4 is 22.6 Å². The van der Waals surface area contributed by atoms with E-state index < -0.39 is 11.6 Å². The van der Waals surface area contributed by atoms with Crippen LogP contribution in [0.1, 0.15) is 10.4 Å². The third kappa shape index (κ3) is 3.66. The molecule has 1 saturated heterocycles. The first-order valence-electron chi connectivity index (χ1n) is 8.50. The first-order chi connectivity index (χ1) is 13.1. The Morgan fingerprint density at radius 2 is 1.70 bits per heavy atom. The van der Waals surface area contributed by atoms with Gasteiger partial charge in [-0.3, -0.25) is 4.79 Å². The highest BCUT2D eigenvalue weighted by Crippen LogP contribution is 2.25. The number of amides is 1. The van der Waals surface area contributed by atoms with Crippen LogP contribution in [0.15, 0.2) is 48.5 Å². The van der Waals surface area contributed by atoms with Crippen molar-refractivity contribution in [3.05, 3.63) is 65.7 Å². The molecule has 27 heavy (non-hydrogen) atoms. The Morgan fingerprint density at radius 3 is 2.41 bits per heavy atom. The van der Waals surface area contributed by atoms with Crippen LogP contribution in [-0.4, -0.2) is 46.3 Å². The van der Waals surface area contributed by atoms with Crippen LogP contribution in [0, 0.1) is 11.6 Å². The minimum Gasteiger partial charge on any atom is -0.343 e. The minimum absolute atomic E-state index is 0.157. The zero-order valence-corrected chi connectivity index (χ0v) is 15.1. The summed E-state index contributed by atoms with van der Waals surface area (Å²) in [4.78, 5) is 20.8. The Labute approximate surface area is 159 Å². The summed E-state index contributed by atoms with van der Waals surface area (Å²) in [5, 5.41) is 0.814. The second-order valence-corrected chi connectivity index (χ2v) is 6.91. The van der Waals surface area contributed by atoms with Crippen molar-refractivity contribution in [1.29, 1.82) is 0 Å². The zero-order chi connectivity index (χ0) is 18.8. The van der Waals surface area contributed by atoms with Gasteiger partial charge in [0.25, 0.3) is 5.91 Å². The second kappa shape index (κ2) is 7.40. The Balaban J connectivity index is 1.41. The van der Waals surface area contributed by atoms with Gasteiger partial charge in [-0.15, -0.1) is 0 Å². The number of benzene rings is 2. The maximum Gasteiger partial charge on any atom is 0.254 e. The highest BCUT2D eigenvalue weighted by Gasteiger charge is 2.24. The Kier molecular flexibility index (Phi) is 4.81. The summed E-state index contributed by atoms with van der Waals surface area (Å²) in [5.74, 6) is -1.57. The zero-order valence-electron chi connectivity index (χ0n) is 14.3. The molecule has 0 atom stereocenters. The van der Waals surface area contributed by atoms with Gasteiger partial charge in [-0.2, -0.15) is 9.36 Å². The Morgan fingerprint density at radius 1 is 0.963 bits per heavy atom. The lowest BCUT2D eigenvalue weighted by Crippen LogP contribution is -2.48. The fourth-order valence-corrected chi connectivity index (χ4v) is 3.70. The first kappa shape index (κ1) is 17.5. The molecular formula is C19H16F2N4OS. The van der Waals surface area contributed by atoms with Crippen LogP contribution in [0.2, 0.25) is 0 Å². The number of nitrogens with zero attached hydrogens (tertiary/aromatic N) is 4. The van der Waals surface area contributed by atoms with Gasteiger partial charge in [0.15, 0.2) is 17.5 Å². The van der Waals surface area contributed by atoms with E-state index in [9.17, 15) is 13.6 Å². The van der Waals surface area contributed by atoms with Crippen LogP contribution in [0.25, 0.3) is 11.4 Å². The third-order valence-corrected chi connectivity index (χ3v) is 5.23. The quantitative estimate of drug-likeness (QED) is 0.692. The molecule has 0 unspecified atom stereocenters. The summed E-state index contributed by atoms with van der Waals surface area (Å²) in [6, 6.07) is 13.0. The number of carbonyl (C=O) groups excluding carboxylic acids is 1. The lowest BCUT2D eigenvalue weighted by Gasteiger charge is -2.34. The molecule has 8 heteroatoms. The number of anilines is 1. The molecule has 1 aliphatic rings. The smallest absolute Gasteiger partial charge is 0.254 e. The van der Waals surface area contributed by atoms with Gasteiger partial charge in [0.05, 0.1) is 0 Å². The van der Waals surface area contributed by atoms with E-state index in [0.717, 1.165) is 22.8 Å². The predicted octanol–water partition coefficient (Wildman–Crippen LogP) is 3.45. The first-order valence-corrected chi connectivity index (χ1v) is 9.27. The molecular weight excluding hydrogens is 370 g/mol. The van der Waals surface area contributed by atoms with Gasteiger partial charge < -0.3 is 9.80 Å². The van der Waals surface area contributed by atoms with Gasteiger partial charge in [0, 0.05) is 48.8 Å². The highest BCUT2D eigenvalue weighted by atomic mass is 32.1. The lowest BCUT2D eigenvalue weighted by molar-refractivity contribution is 0.0746. The topological polar surface area (TPSA) is 49.3 Å². The van der Waals surface area contributed by atoms with Gasteiger partial charge in [0.2, 0.25) is 5.13 Å². The van der Waals surface area contributed by atoms with Gasteiger partial charge in [0.1, 0.15) is 0 Å². The molecule has 0 N–H and O–H groups in total. The Bertz CT molecular complexity index is 955. The van der Waals surface area contributed by atoms with E-state index >= 15 is 0 Å². The van der Waals surface area contributed by atoms with E-state index in [1.807, 2.05) is 30.3 Å². The van der Waals surface area contributed by atoms with Crippen LogP contribution in [-0.2, 0) is 0 Å². The molecule has 138 valence electrons. The lowest BCUT2D eigenvalue weighted by atomic mass is 10.1. The number of piperazine rings is 1. The fourth-order valence-electron chi connectivity index (χ4n) is 2.96. The number of aromatic nitrogens is 2. The van der Waals surface area contributed by atoms with Crippen molar-refractivity contribution in [2.75, 3.05) is 31.1 Å². The van der Waals surface area contributed by atoms with Crippen molar-refractivity contribution in [1.82, 2.24) is 14.3 Å². The molecule has 1 aliphatic heterocycles. The maximum absolute atomic E-state index is 13.4. The number of carbonyl (C=O) groups is 1. The normalized spacial score (nSPS) is 14.4. The number of halogens is 2. The average Bonchev–Trinajstić information content (AvgIpc) is 3.21. The van der Waals surface area contributed by atoms with Crippen LogP contribution in [0.5, 0.6) is 0 Å². The number of rotatable bonds is 3. The van der Waals surface area contributed by atoms with Crippen LogP contribution < -0.4 is 4.90 Å². The molecule has 1 aromatic heterocycles. The molecule has 1 amide bonds. The summed E-state index contributed by atoms with van der Waals surface area (Å²) >= 11 is 1.33. The molecule has 4 rings (SSSR count). The fraction of sp³-hybridized carbons (Fsp3) is 0.211. The predicted molar refractivity (Wildman–Crippen MR) is 99.8 cm³/mol. The van der Waals surface area contributed by atoms with Crippen molar-refractivity contribution in [3.63, 3.8) is 0 Å². The van der Waals surface area contributed by atoms with Crippen LogP contribution in [0.4, 0.5) is 13.9 Å². The molecule has 0 spiro atoms. The van der Waals surface area contributed by atoms with Gasteiger partial charge >= 0.3 is 0 Å². The number of hydrogen-bond acceptors (Lipinski definition) is 5. The molecule has 0 radical (unpaired) electrons. The van der Waals surface area contributed by atoms with E-state index in [-0.39, 0.29) is 11.5 Å². The van der Waals surface area contributed by atoms with Crippen LogP contribution in [0.3, 0.4) is 0 Å². The van der Waals surface area contributed by atoms with Crippen molar-refractivity contribution < 1.29 is 13.6 Å². The molecule has 0 saturated carbocycles. The molecule has 2 aromatic carbocycles. The van der Waals surface area contributed by atoms with E-state index in [0.29, 0.717) is 32.0 Å². The molecule has 1 fully saturated rings. The molecule has 5 nitrogen and oxygen atoms in total. The average molecular weight is 386 g/mol. The van der Waals surface area contributed by atoms with Crippen molar-refractivity contribution in [2.24, 2.45) is 0 Å². The molecule has 3 aromatic rings. The summed E-state index contributed by atoms with van der Waals surface area (Å²) < 4.78 is 30.8. The molecule has 2 heterocycles. The van der Waals surface area contributed by atoms with E-state index in [2.05, 4.69) is 14.3 Å². The van der Waals surface area contributed by atoms with E-state index in [1.165, 1.54) is 17.6 Å².